The van der Waals surface area contributed by atoms with Crippen molar-refractivity contribution in [1.82, 2.24) is 0 Å². The predicted molar refractivity (Wildman–Crippen MR) is 67.0 cm³/mol. The van der Waals surface area contributed by atoms with Gasteiger partial charge in [-0.15, -0.1) is 6.42 Å². The normalized spacial score (nSPS) is 20.2. The Morgan fingerprint density at radius 1 is 1.42 bits per heavy atom. The number of terminal acetylenes is 1. The molecule has 19 heavy (non-hydrogen) atoms. The third kappa shape index (κ3) is 3.02. The number of hydrogen-bond donors (Lipinski definition) is 0. The largest absolute Gasteiger partial charge is 0.416 e. The van der Waals surface area contributed by atoms with Gasteiger partial charge < -0.3 is 9.64 Å². The van der Waals surface area contributed by atoms with Crippen LogP contribution in [0.2, 0.25) is 0 Å². The molecule has 0 amide bonds. The van der Waals surface area contributed by atoms with Gasteiger partial charge in [0.25, 0.3) is 0 Å². The molecule has 1 fully saturated rings. The lowest BCUT2D eigenvalue weighted by Crippen LogP contribution is -2.41. The highest BCUT2D eigenvalue weighted by atomic mass is 19.4. The monoisotopic (exact) mass is 269 g/mol. The molecule has 1 aromatic rings. The Morgan fingerprint density at radius 2 is 2.16 bits per heavy atom. The van der Waals surface area contributed by atoms with E-state index in [1.165, 1.54) is 6.07 Å². The molecule has 2 nitrogen and oxygen atoms in total. The highest BCUT2D eigenvalue weighted by Gasteiger charge is 2.32. The van der Waals surface area contributed by atoms with E-state index in [4.69, 9.17) is 11.2 Å². The van der Waals surface area contributed by atoms with E-state index in [9.17, 15) is 13.2 Å². The first kappa shape index (κ1) is 13.8. The number of morpholine rings is 1. The van der Waals surface area contributed by atoms with E-state index in [0.29, 0.717) is 30.9 Å². The van der Waals surface area contributed by atoms with Crippen molar-refractivity contribution in [2.24, 2.45) is 0 Å². The Balaban J connectivity index is 2.39. The van der Waals surface area contributed by atoms with Gasteiger partial charge in [-0.05, 0) is 25.1 Å². The van der Waals surface area contributed by atoms with Crippen molar-refractivity contribution in [3.05, 3.63) is 29.3 Å². The number of alkyl halides is 3. The highest BCUT2D eigenvalue weighted by Crippen LogP contribution is 2.33. The molecule has 0 saturated carbocycles. The molecule has 1 unspecified atom stereocenters. The summed E-state index contributed by atoms with van der Waals surface area (Å²) in [5.74, 6) is 2.44. The predicted octanol–water partition coefficient (Wildman–Crippen LogP) is 2.91. The van der Waals surface area contributed by atoms with Crippen molar-refractivity contribution in [2.45, 2.75) is 19.2 Å². The standard InChI is InChI=1S/C14H14F3NO/c1-3-11-4-5-12(14(15,16)17)8-13(11)18-6-7-19-10(2)9-18/h1,4-5,8,10H,6-7,9H2,2H3. The lowest BCUT2D eigenvalue weighted by Gasteiger charge is -2.34. The maximum absolute atomic E-state index is 12.8. The lowest BCUT2D eigenvalue weighted by molar-refractivity contribution is -0.137. The fourth-order valence-electron chi connectivity index (χ4n) is 2.13. The molecular weight excluding hydrogens is 255 g/mol. The van der Waals surface area contributed by atoms with Crippen LogP contribution >= 0.6 is 0 Å². The summed E-state index contributed by atoms with van der Waals surface area (Å²) in [5.41, 5.74) is 0.246. The van der Waals surface area contributed by atoms with Crippen molar-refractivity contribution >= 4 is 5.69 Å². The Kier molecular flexibility index (Phi) is 3.72. The van der Waals surface area contributed by atoms with E-state index in [1.807, 2.05) is 11.8 Å². The summed E-state index contributed by atoms with van der Waals surface area (Å²) in [6.45, 7) is 3.45. The SMILES string of the molecule is C#Cc1ccc(C(F)(F)F)cc1N1CCOC(C)C1. The van der Waals surface area contributed by atoms with Crippen LogP contribution in [-0.4, -0.2) is 25.8 Å². The third-order valence-electron chi connectivity index (χ3n) is 3.06. The van der Waals surface area contributed by atoms with Crippen molar-refractivity contribution in [1.29, 1.82) is 0 Å². The Labute approximate surface area is 110 Å². The molecule has 0 radical (unpaired) electrons. The van der Waals surface area contributed by atoms with Crippen molar-refractivity contribution in [2.75, 3.05) is 24.6 Å². The molecular formula is C14H14F3NO. The van der Waals surface area contributed by atoms with E-state index in [-0.39, 0.29) is 6.10 Å². The average Bonchev–Trinajstić information content (AvgIpc) is 2.37. The third-order valence-corrected chi connectivity index (χ3v) is 3.06. The van der Waals surface area contributed by atoms with Gasteiger partial charge >= 0.3 is 6.18 Å². The van der Waals surface area contributed by atoms with Gasteiger partial charge in [-0.1, -0.05) is 5.92 Å². The second-order valence-corrected chi connectivity index (χ2v) is 4.50. The van der Waals surface area contributed by atoms with E-state index in [1.54, 1.807) is 0 Å². The molecule has 0 N–H and O–H groups in total. The molecule has 2 rings (SSSR count). The Hall–Kier alpha value is -1.67. The van der Waals surface area contributed by atoms with E-state index in [2.05, 4.69) is 5.92 Å². The Morgan fingerprint density at radius 3 is 2.74 bits per heavy atom. The first-order chi connectivity index (χ1) is 8.91. The zero-order chi connectivity index (χ0) is 14.0. The van der Waals surface area contributed by atoms with Gasteiger partial charge in [0.05, 0.1) is 24.0 Å². The van der Waals surface area contributed by atoms with Crippen LogP contribution < -0.4 is 4.90 Å². The first-order valence-electron chi connectivity index (χ1n) is 5.96. The van der Waals surface area contributed by atoms with Crippen LogP contribution in [0.15, 0.2) is 18.2 Å². The average molecular weight is 269 g/mol. The first-order valence-corrected chi connectivity index (χ1v) is 5.96. The van der Waals surface area contributed by atoms with E-state index >= 15 is 0 Å². The number of rotatable bonds is 1. The van der Waals surface area contributed by atoms with Crippen LogP contribution in [0.4, 0.5) is 18.9 Å². The van der Waals surface area contributed by atoms with Crippen LogP contribution in [0, 0.1) is 12.3 Å². The van der Waals surface area contributed by atoms with Crippen molar-refractivity contribution in [3.63, 3.8) is 0 Å². The molecule has 0 bridgehead atoms. The van der Waals surface area contributed by atoms with Gasteiger partial charge in [-0.2, -0.15) is 13.2 Å². The van der Waals surface area contributed by atoms with E-state index < -0.39 is 11.7 Å². The number of benzene rings is 1. The number of hydrogen-bond acceptors (Lipinski definition) is 2. The number of halogens is 3. The summed E-state index contributed by atoms with van der Waals surface area (Å²) in [6.07, 6.45) is 0.981. The fourth-order valence-corrected chi connectivity index (χ4v) is 2.13. The van der Waals surface area contributed by atoms with Crippen LogP contribution in [0.5, 0.6) is 0 Å². The summed E-state index contributed by atoms with van der Waals surface area (Å²) in [5, 5.41) is 0. The van der Waals surface area contributed by atoms with Crippen LogP contribution in [0.3, 0.4) is 0 Å². The molecule has 0 aliphatic carbocycles. The molecule has 0 aromatic heterocycles. The van der Waals surface area contributed by atoms with Crippen LogP contribution in [0.1, 0.15) is 18.1 Å². The van der Waals surface area contributed by atoms with Gasteiger partial charge in [0, 0.05) is 18.7 Å². The minimum Gasteiger partial charge on any atom is -0.375 e. The second kappa shape index (κ2) is 5.14. The highest BCUT2D eigenvalue weighted by molar-refractivity contribution is 5.62. The summed E-state index contributed by atoms with van der Waals surface area (Å²) in [4.78, 5) is 1.85. The van der Waals surface area contributed by atoms with Crippen molar-refractivity contribution in [3.8, 4) is 12.3 Å². The summed E-state index contributed by atoms with van der Waals surface area (Å²) < 4.78 is 43.6. The maximum Gasteiger partial charge on any atom is 0.416 e. The molecule has 102 valence electrons. The summed E-state index contributed by atoms with van der Waals surface area (Å²) in [6, 6.07) is 3.48. The second-order valence-electron chi connectivity index (χ2n) is 4.50. The number of anilines is 1. The lowest BCUT2D eigenvalue weighted by atomic mass is 10.1. The maximum atomic E-state index is 12.8. The molecule has 1 aliphatic rings. The van der Waals surface area contributed by atoms with Gasteiger partial charge in [0.2, 0.25) is 0 Å². The zero-order valence-electron chi connectivity index (χ0n) is 10.5. The number of nitrogens with zero attached hydrogens (tertiary/aromatic N) is 1. The molecule has 5 heteroatoms. The fraction of sp³-hybridized carbons (Fsp3) is 0.429. The Bertz CT molecular complexity index is 504. The quantitative estimate of drug-likeness (QED) is 0.727. The van der Waals surface area contributed by atoms with Gasteiger partial charge in [0.1, 0.15) is 0 Å². The topological polar surface area (TPSA) is 12.5 Å². The summed E-state index contributed by atoms with van der Waals surface area (Å²) >= 11 is 0. The van der Waals surface area contributed by atoms with Gasteiger partial charge in [-0.3, -0.25) is 0 Å². The molecule has 1 heterocycles. The van der Waals surface area contributed by atoms with Gasteiger partial charge in [-0.25, -0.2) is 0 Å². The molecule has 1 atom stereocenters. The molecule has 1 aliphatic heterocycles. The van der Waals surface area contributed by atoms with E-state index in [0.717, 1.165) is 12.1 Å². The van der Waals surface area contributed by atoms with Crippen molar-refractivity contribution < 1.29 is 17.9 Å². The summed E-state index contributed by atoms with van der Waals surface area (Å²) in [7, 11) is 0. The molecule has 1 saturated heterocycles. The molecule has 0 spiro atoms. The smallest absolute Gasteiger partial charge is 0.375 e. The molecule has 1 aromatic carbocycles. The zero-order valence-corrected chi connectivity index (χ0v) is 10.5. The van der Waals surface area contributed by atoms with Gasteiger partial charge in [0.15, 0.2) is 0 Å². The minimum absolute atomic E-state index is 0.0195. The van der Waals surface area contributed by atoms with Crippen LogP contribution in [-0.2, 0) is 10.9 Å². The number of ether oxygens (including phenoxy) is 1. The minimum atomic E-state index is -4.36. The van der Waals surface area contributed by atoms with Crippen LogP contribution in [0.25, 0.3) is 0 Å².